The molecule has 0 saturated carbocycles. The summed E-state index contributed by atoms with van der Waals surface area (Å²) in [5.74, 6) is -11.9. The van der Waals surface area contributed by atoms with Crippen LogP contribution in [0.3, 0.4) is 0 Å². The fourth-order valence-corrected chi connectivity index (χ4v) is 1.99. The molecule has 0 aromatic heterocycles. The molecule has 1 aromatic carbocycles. The molecule has 0 aliphatic carbocycles. The molecule has 0 atom stereocenters. The summed E-state index contributed by atoms with van der Waals surface area (Å²) in [4.78, 5) is -1.98. The van der Waals surface area contributed by atoms with Crippen molar-refractivity contribution in [3.8, 4) is 0 Å². The van der Waals surface area contributed by atoms with E-state index in [1.807, 2.05) is 0 Å². The number of hydrogen-bond donors (Lipinski definition) is 1. The first-order chi connectivity index (χ1) is 10.3. The van der Waals surface area contributed by atoms with Crippen LogP contribution >= 0.6 is 0 Å². The molecule has 1 rings (SSSR count). The zero-order valence-electron chi connectivity index (χ0n) is 10.7. The van der Waals surface area contributed by atoms with Gasteiger partial charge in [-0.15, -0.1) is 0 Å². The Balaban J connectivity index is 3.81. The van der Waals surface area contributed by atoms with Crippen molar-refractivity contribution in [1.82, 2.24) is 0 Å². The van der Waals surface area contributed by atoms with Crippen molar-refractivity contribution >= 4 is 10.1 Å². The number of benzene rings is 1. The summed E-state index contributed by atoms with van der Waals surface area (Å²) in [6, 6.07) is -1.95. The van der Waals surface area contributed by atoms with E-state index >= 15 is 0 Å². The maximum atomic E-state index is 13.2. The van der Waals surface area contributed by atoms with Gasteiger partial charge in [0.25, 0.3) is 10.1 Å². The van der Waals surface area contributed by atoms with E-state index in [0.29, 0.717) is 0 Å². The minimum absolute atomic E-state index is 0.557. The number of halogens is 10. The van der Waals surface area contributed by atoms with Crippen LogP contribution in [-0.2, 0) is 22.0 Å². The van der Waals surface area contributed by atoms with Gasteiger partial charge >= 0.3 is 24.2 Å². The fourth-order valence-electron chi connectivity index (χ4n) is 1.44. The van der Waals surface area contributed by atoms with Crippen molar-refractivity contribution < 1.29 is 56.9 Å². The van der Waals surface area contributed by atoms with Crippen molar-refractivity contribution in [3.05, 3.63) is 29.3 Å². The van der Waals surface area contributed by atoms with Gasteiger partial charge in [0.2, 0.25) is 0 Å². The van der Waals surface area contributed by atoms with Crippen molar-refractivity contribution in [2.45, 2.75) is 29.1 Å². The van der Waals surface area contributed by atoms with E-state index < -0.39 is 68.5 Å². The Hall–Kier alpha value is -1.57. The van der Waals surface area contributed by atoms with E-state index in [-0.39, 0.29) is 0 Å². The van der Waals surface area contributed by atoms with Gasteiger partial charge in [-0.05, 0) is 18.2 Å². The Labute approximate surface area is 126 Å². The summed E-state index contributed by atoms with van der Waals surface area (Å²) < 4.78 is 156. The Morgan fingerprint density at radius 2 is 0.958 bits per heavy atom. The first-order valence-corrected chi connectivity index (χ1v) is 6.78. The van der Waals surface area contributed by atoms with Crippen LogP contribution in [0.2, 0.25) is 0 Å². The largest absolute Gasteiger partial charge is 0.458 e. The molecule has 24 heavy (non-hydrogen) atoms. The molecule has 138 valence electrons. The SMILES string of the molecule is O=S(=O)(O)c1cc(C(F)(F)C(F)(F)F)cc(C(F)(F)C(F)(F)F)c1. The maximum absolute atomic E-state index is 13.2. The minimum atomic E-state index is -6.42. The smallest absolute Gasteiger partial charge is 0.282 e. The molecule has 0 aliphatic rings. The lowest BCUT2D eigenvalue weighted by molar-refractivity contribution is -0.292. The molecule has 0 radical (unpaired) electrons. The van der Waals surface area contributed by atoms with E-state index in [4.69, 9.17) is 4.55 Å². The van der Waals surface area contributed by atoms with Crippen molar-refractivity contribution in [1.29, 1.82) is 0 Å². The van der Waals surface area contributed by atoms with Crippen LogP contribution in [-0.4, -0.2) is 25.3 Å². The molecule has 0 aliphatic heterocycles. The van der Waals surface area contributed by atoms with Crippen LogP contribution in [0.25, 0.3) is 0 Å². The highest BCUT2D eigenvalue weighted by Crippen LogP contribution is 2.48. The molecule has 3 nitrogen and oxygen atoms in total. The van der Waals surface area contributed by atoms with E-state index in [1.54, 1.807) is 0 Å². The molecule has 0 saturated heterocycles. The molecular weight excluding hydrogens is 390 g/mol. The lowest BCUT2D eigenvalue weighted by Crippen LogP contribution is -2.36. The lowest BCUT2D eigenvalue weighted by atomic mass is 10.0. The summed E-state index contributed by atoms with van der Waals surface area (Å²) in [5.41, 5.74) is -5.02. The quantitative estimate of drug-likeness (QED) is 0.617. The highest BCUT2D eigenvalue weighted by atomic mass is 32.2. The number of hydrogen-bond acceptors (Lipinski definition) is 2. The van der Waals surface area contributed by atoms with Gasteiger partial charge in [0, 0.05) is 11.1 Å². The summed E-state index contributed by atoms with van der Waals surface area (Å²) in [7, 11) is -5.66. The second-order valence-corrected chi connectivity index (χ2v) is 5.79. The van der Waals surface area contributed by atoms with Gasteiger partial charge in [0.1, 0.15) is 0 Å². The van der Waals surface area contributed by atoms with Crippen LogP contribution in [0.1, 0.15) is 11.1 Å². The lowest BCUT2D eigenvalue weighted by Gasteiger charge is -2.24. The van der Waals surface area contributed by atoms with Gasteiger partial charge in [-0.2, -0.15) is 52.3 Å². The standard InChI is InChI=1S/C10H4F10O3S/c11-7(12,9(15,16)17)4-1-5(8(13,14)10(18,19)20)3-6(2-4)24(21,22)23/h1-3H,(H,21,22,23). The number of alkyl halides is 10. The normalized spacial score (nSPS) is 14.8. The summed E-state index contributed by atoms with van der Waals surface area (Å²) >= 11 is 0. The summed E-state index contributed by atoms with van der Waals surface area (Å²) in [5, 5.41) is 0. The van der Waals surface area contributed by atoms with Gasteiger partial charge in [-0.1, -0.05) is 0 Å². The van der Waals surface area contributed by atoms with Crippen molar-refractivity contribution in [3.63, 3.8) is 0 Å². The Kier molecular flexibility index (Phi) is 4.67. The van der Waals surface area contributed by atoms with Gasteiger partial charge in [-0.3, -0.25) is 4.55 Å². The average molecular weight is 394 g/mol. The zero-order valence-corrected chi connectivity index (χ0v) is 11.5. The Morgan fingerprint density at radius 3 is 1.17 bits per heavy atom. The molecule has 0 heterocycles. The monoisotopic (exact) mass is 394 g/mol. The highest BCUT2D eigenvalue weighted by Gasteiger charge is 2.62. The molecular formula is C10H4F10O3S. The first-order valence-electron chi connectivity index (χ1n) is 5.34. The second-order valence-electron chi connectivity index (χ2n) is 4.37. The van der Waals surface area contributed by atoms with Gasteiger partial charge < -0.3 is 0 Å². The Morgan fingerprint density at radius 1 is 0.667 bits per heavy atom. The summed E-state index contributed by atoms with van der Waals surface area (Å²) in [6.45, 7) is 0. The third kappa shape index (κ3) is 3.58. The van der Waals surface area contributed by atoms with E-state index in [1.165, 1.54) is 0 Å². The predicted molar refractivity (Wildman–Crippen MR) is 56.2 cm³/mol. The predicted octanol–water partition coefficient (Wildman–Crippen LogP) is 4.24. The van der Waals surface area contributed by atoms with Crippen LogP contribution in [0.15, 0.2) is 23.1 Å². The summed E-state index contributed by atoms with van der Waals surface area (Å²) in [6.07, 6.45) is -12.8. The van der Waals surface area contributed by atoms with Gasteiger partial charge in [0.05, 0.1) is 4.90 Å². The van der Waals surface area contributed by atoms with Crippen molar-refractivity contribution in [2.75, 3.05) is 0 Å². The van der Waals surface area contributed by atoms with Crippen molar-refractivity contribution in [2.24, 2.45) is 0 Å². The van der Waals surface area contributed by atoms with Crippen LogP contribution in [0.4, 0.5) is 43.9 Å². The van der Waals surface area contributed by atoms with Gasteiger partial charge in [-0.25, -0.2) is 0 Å². The molecule has 0 amide bonds. The Bertz CT molecular complexity index is 688. The highest BCUT2D eigenvalue weighted by molar-refractivity contribution is 7.85. The number of rotatable bonds is 3. The molecule has 14 heteroatoms. The third-order valence-electron chi connectivity index (χ3n) is 2.64. The van der Waals surface area contributed by atoms with Crippen LogP contribution in [0, 0.1) is 0 Å². The second kappa shape index (κ2) is 5.47. The molecule has 0 unspecified atom stereocenters. The van der Waals surface area contributed by atoms with Crippen LogP contribution < -0.4 is 0 Å². The topological polar surface area (TPSA) is 54.4 Å². The maximum Gasteiger partial charge on any atom is 0.458 e. The third-order valence-corrected chi connectivity index (χ3v) is 3.47. The van der Waals surface area contributed by atoms with Gasteiger partial charge in [0.15, 0.2) is 0 Å². The molecule has 1 aromatic rings. The first kappa shape index (κ1) is 20.5. The van der Waals surface area contributed by atoms with Crippen LogP contribution in [0.5, 0.6) is 0 Å². The minimum Gasteiger partial charge on any atom is -0.282 e. The average Bonchev–Trinajstić information content (AvgIpc) is 2.34. The molecule has 0 bridgehead atoms. The van der Waals surface area contributed by atoms with E-state index in [9.17, 15) is 52.3 Å². The van der Waals surface area contributed by atoms with E-state index in [0.717, 1.165) is 0 Å². The molecule has 1 N–H and O–H groups in total. The zero-order chi connectivity index (χ0) is 19.4. The fraction of sp³-hybridized carbons (Fsp3) is 0.400. The molecule has 0 spiro atoms. The molecule has 0 fully saturated rings. The van der Waals surface area contributed by atoms with E-state index in [2.05, 4.69) is 0 Å².